The fourth-order valence-electron chi connectivity index (χ4n) is 3.20. The monoisotopic (exact) mass is 337 g/mol. The number of aromatic nitrogens is 2. The highest BCUT2D eigenvalue weighted by molar-refractivity contribution is 5.69. The van der Waals surface area contributed by atoms with E-state index in [9.17, 15) is 18.0 Å². The summed E-state index contributed by atoms with van der Waals surface area (Å²) in [6, 6.07) is 3.22. The number of nitrogens with one attached hydrogen (secondary N) is 1. The summed E-state index contributed by atoms with van der Waals surface area (Å²) in [5, 5.41) is 0. The number of pyridine rings is 2. The van der Waals surface area contributed by atoms with Crippen molar-refractivity contribution < 1.29 is 13.2 Å². The van der Waals surface area contributed by atoms with E-state index in [4.69, 9.17) is 0 Å². The first-order valence-corrected chi connectivity index (χ1v) is 7.85. The van der Waals surface area contributed by atoms with E-state index in [1.807, 2.05) is 6.92 Å². The molecule has 0 amide bonds. The Kier molecular flexibility index (Phi) is 4.34. The summed E-state index contributed by atoms with van der Waals surface area (Å²) < 4.78 is 40.0. The maximum absolute atomic E-state index is 13.3. The smallest absolute Gasteiger partial charge is 0.346 e. The SMILES string of the molecule is Cc1cnccc1-c1cc(N2CCCC[C@@H]2C(F)(F)F)[nH]c(=O)c1. The van der Waals surface area contributed by atoms with Crippen molar-refractivity contribution in [2.75, 3.05) is 11.4 Å². The Morgan fingerprint density at radius 3 is 2.79 bits per heavy atom. The number of alkyl halides is 3. The van der Waals surface area contributed by atoms with Crippen LogP contribution in [0.2, 0.25) is 0 Å². The Balaban J connectivity index is 2.05. The summed E-state index contributed by atoms with van der Waals surface area (Å²) in [5.74, 6) is 0.218. The first-order valence-electron chi connectivity index (χ1n) is 7.85. The van der Waals surface area contributed by atoms with Gasteiger partial charge in [-0.15, -0.1) is 0 Å². The summed E-state index contributed by atoms with van der Waals surface area (Å²) in [6.07, 6.45) is 0.198. The fourth-order valence-corrected chi connectivity index (χ4v) is 3.20. The fraction of sp³-hybridized carbons (Fsp3) is 0.412. The summed E-state index contributed by atoms with van der Waals surface area (Å²) in [7, 11) is 0. The third-order valence-corrected chi connectivity index (χ3v) is 4.35. The molecule has 0 unspecified atom stereocenters. The molecule has 24 heavy (non-hydrogen) atoms. The lowest BCUT2D eigenvalue weighted by atomic mass is 10.00. The first-order chi connectivity index (χ1) is 11.4. The van der Waals surface area contributed by atoms with Crippen LogP contribution in [0.3, 0.4) is 0 Å². The van der Waals surface area contributed by atoms with E-state index < -0.39 is 17.8 Å². The molecule has 4 nitrogen and oxygen atoms in total. The van der Waals surface area contributed by atoms with E-state index in [0.29, 0.717) is 18.4 Å². The number of halogens is 3. The zero-order chi connectivity index (χ0) is 17.3. The highest BCUT2D eigenvalue weighted by Gasteiger charge is 2.44. The second-order valence-electron chi connectivity index (χ2n) is 6.06. The number of H-pyrrole nitrogens is 1. The van der Waals surface area contributed by atoms with Crippen LogP contribution in [-0.2, 0) is 0 Å². The van der Waals surface area contributed by atoms with Crippen LogP contribution in [0.25, 0.3) is 11.1 Å². The molecule has 0 radical (unpaired) electrons. The lowest BCUT2D eigenvalue weighted by Gasteiger charge is -2.38. The van der Waals surface area contributed by atoms with Gasteiger partial charge in [0.2, 0.25) is 5.56 Å². The predicted octanol–water partition coefficient (Wildman–Crippen LogP) is 3.67. The number of aromatic amines is 1. The number of hydrogen-bond acceptors (Lipinski definition) is 3. The number of hydrogen-bond donors (Lipinski definition) is 1. The Morgan fingerprint density at radius 1 is 1.29 bits per heavy atom. The second-order valence-corrected chi connectivity index (χ2v) is 6.06. The van der Waals surface area contributed by atoms with Gasteiger partial charge in [-0.3, -0.25) is 9.78 Å². The first kappa shape index (κ1) is 16.5. The number of nitrogens with zero attached hydrogens (tertiary/aromatic N) is 2. The molecule has 7 heteroatoms. The molecular weight excluding hydrogens is 319 g/mol. The van der Waals surface area contributed by atoms with Gasteiger partial charge in [0.25, 0.3) is 0 Å². The minimum Gasteiger partial charge on any atom is -0.346 e. The lowest BCUT2D eigenvalue weighted by Crippen LogP contribution is -2.49. The van der Waals surface area contributed by atoms with Crippen LogP contribution in [-0.4, -0.2) is 28.7 Å². The molecule has 0 spiro atoms. The molecule has 1 N–H and O–H groups in total. The number of anilines is 1. The van der Waals surface area contributed by atoms with Crippen molar-refractivity contribution in [1.29, 1.82) is 0 Å². The second kappa shape index (κ2) is 6.30. The Bertz CT molecular complexity index is 785. The molecule has 0 aromatic carbocycles. The predicted molar refractivity (Wildman–Crippen MR) is 86.1 cm³/mol. The summed E-state index contributed by atoms with van der Waals surface area (Å²) >= 11 is 0. The summed E-state index contributed by atoms with van der Waals surface area (Å²) in [4.78, 5) is 19.9. The van der Waals surface area contributed by atoms with Crippen LogP contribution in [0.15, 0.2) is 35.4 Å². The van der Waals surface area contributed by atoms with E-state index in [2.05, 4.69) is 9.97 Å². The van der Waals surface area contributed by atoms with Gasteiger partial charge in [-0.2, -0.15) is 13.2 Å². The largest absolute Gasteiger partial charge is 0.408 e. The van der Waals surface area contributed by atoms with Crippen molar-refractivity contribution in [2.45, 2.75) is 38.4 Å². The van der Waals surface area contributed by atoms with Gasteiger partial charge in [0.15, 0.2) is 0 Å². The maximum atomic E-state index is 13.3. The molecule has 1 aliphatic heterocycles. The molecule has 1 saturated heterocycles. The number of rotatable bonds is 2. The summed E-state index contributed by atoms with van der Waals surface area (Å²) in [6.45, 7) is 2.13. The highest BCUT2D eigenvalue weighted by Crippen LogP contribution is 2.35. The average molecular weight is 337 g/mol. The molecule has 3 heterocycles. The molecule has 128 valence electrons. The lowest BCUT2D eigenvalue weighted by molar-refractivity contribution is -0.152. The van der Waals surface area contributed by atoms with Crippen molar-refractivity contribution in [3.63, 3.8) is 0 Å². The van der Waals surface area contributed by atoms with Crippen molar-refractivity contribution in [3.8, 4) is 11.1 Å². The summed E-state index contributed by atoms with van der Waals surface area (Å²) in [5.41, 5.74) is 1.84. The maximum Gasteiger partial charge on any atom is 0.408 e. The van der Waals surface area contributed by atoms with Gasteiger partial charge in [0.05, 0.1) is 0 Å². The van der Waals surface area contributed by atoms with Crippen LogP contribution in [0.5, 0.6) is 0 Å². The number of piperidine rings is 1. The van der Waals surface area contributed by atoms with Gasteiger partial charge in [0, 0.05) is 25.0 Å². The number of aryl methyl sites for hydroxylation is 1. The normalized spacial score (nSPS) is 18.7. The average Bonchev–Trinajstić information content (AvgIpc) is 2.54. The minimum atomic E-state index is -4.32. The standard InChI is InChI=1S/C17H18F3N3O/c1-11-10-21-6-5-13(11)12-8-15(22-16(24)9-12)23-7-3-2-4-14(23)17(18,19)20/h5-6,8-10,14H,2-4,7H2,1H3,(H,22,24)/t14-/m1/s1. The molecule has 1 aliphatic rings. The van der Waals surface area contributed by atoms with Crippen molar-refractivity contribution in [2.24, 2.45) is 0 Å². The zero-order valence-corrected chi connectivity index (χ0v) is 13.2. The molecule has 0 bridgehead atoms. The molecule has 3 rings (SSSR count). The van der Waals surface area contributed by atoms with Gasteiger partial charge in [-0.1, -0.05) is 0 Å². The quantitative estimate of drug-likeness (QED) is 0.910. The van der Waals surface area contributed by atoms with Gasteiger partial charge >= 0.3 is 6.18 Å². The van der Waals surface area contributed by atoms with Crippen molar-refractivity contribution in [1.82, 2.24) is 9.97 Å². The van der Waals surface area contributed by atoms with Gasteiger partial charge < -0.3 is 9.88 Å². The Labute approximate surface area is 137 Å². The van der Waals surface area contributed by atoms with E-state index in [1.165, 1.54) is 11.0 Å². The molecule has 2 aromatic rings. The highest BCUT2D eigenvalue weighted by atomic mass is 19.4. The Hall–Kier alpha value is -2.31. The van der Waals surface area contributed by atoms with Gasteiger partial charge in [0.1, 0.15) is 11.9 Å². The van der Waals surface area contributed by atoms with Crippen LogP contribution >= 0.6 is 0 Å². The van der Waals surface area contributed by atoms with E-state index in [0.717, 1.165) is 11.1 Å². The Morgan fingerprint density at radius 2 is 2.08 bits per heavy atom. The molecule has 0 saturated carbocycles. The molecule has 1 fully saturated rings. The van der Waals surface area contributed by atoms with E-state index in [1.54, 1.807) is 24.5 Å². The third-order valence-electron chi connectivity index (χ3n) is 4.35. The minimum absolute atomic E-state index is 0.0457. The molecular formula is C17H18F3N3O. The molecule has 0 aliphatic carbocycles. The van der Waals surface area contributed by atoms with Gasteiger partial charge in [-0.05, 0) is 55.0 Å². The van der Waals surface area contributed by atoms with E-state index in [-0.39, 0.29) is 18.8 Å². The topological polar surface area (TPSA) is 49.0 Å². The van der Waals surface area contributed by atoms with Crippen LogP contribution < -0.4 is 10.5 Å². The van der Waals surface area contributed by atoms with E-state index >= 15 is 0 Å². The van der Waals surface area contributed by atoms with Gasteiger partial charge in [-0.25, -0.2) is 0 Å². The third kappa shape index (κ3) is 3.29. The van der Waals surface area contributed by atoms with Crippen LogP contribution in [0, 0.1) is 6.92 Å². The molecule has 1 atom stereocenters. The van der Waals surface area contributed by atoms with Crippen molar-refractivity contribution >= 4 is 5.82 Å². The zero-order valence-electron chi connectivity index (χ0n) is 13.2. The van der Waals surface area contributed by atoms with Crippen LogP contribution in [0.4, 0.5) is 19.0 Å². The van der Waals surface area contributed by atoms with Crippen LogP contribution in [0.1, 0.15) is 24.8 Å². The molecule has 2 aromatic heterocycles. The van der Waals surface area contributed by atoms with Crippen molar-refractivity contribution in [3.05, 3.63) is 46.5 Å².